The summed E-state index contributed by atoms with van der Waals surface area (Å²) in [5, 5.41) is 3.15. The van der Waals surface area contributed by atoms with Crippen LogP contribution in [-0.4, -0.2) is 42.7 Å². The number of ether oxygens (including phenoxy) is 1. The van der Waals surface area contributed by atoms with Gasteiger partial charge in [0.2, 0.25) is 5.91 Å². The molecule has 134 valence electrons. The van der Waals surface area contributed by atoms with Gasteiger partial charge >= 0.3 is 0 Å². The number of anilines is 1. The lowest BCUT2D eigenvalue weighted by molar-refractivity contribution is -0.127. The van der Waals surface area contributed by atoms with E-state index in [1.165, 1.54) is 0 Å². The quantitative estimate of drug-likeness (QED) is 0.924. The van der Waals surface area contributed by atoms with Gasteiger partial charge in [-0.05, 0) is 44.7 Å². The third-order valence-corrected chi connectivity index (χ3v) is 5.31. The summed E-state index contributed by atoms with van der Waals surface area (Å²) in [6.45, 7) is 4.44. The highest BCUT2D eigenvalue weighted by Gasteiger charge is 2.30. The van der Waals surface area contributed by atoms with E-state index < -0.39 is 0 Å². The molecule has 1 aromatic carbocycles. The van der Waals surface area contributed by atoms with Gasteiger partial charge in [-0.1, -0.05) is 12.1 Å². The predicted molar refractivity (Wildman–Crippen MR) is 95.5 cm³/mol. The number of hydrogen-bond acceptors (Lipinski definition) is 5. The maximum Gasteiger partial charge on any atom is 0.298 e. The fourth-order valence-corrected chi connectivity index (χ4v) is 3.76. The summed E-state index contributed by atoms with van der Waals surface area (Å²) in [6.07, 6.45) is 3.94. The highest BCUT2D eigenvalue weighted by Crippen LogP contribution is 2.26. The summed E-state index contributed by atoms with van der Waals surface area (Å²) in [7, 11) is 0. The molecule has 4 rings (SSSR count). The van der Waals surface area contributed by atoms with E-state index in [1.54, 1.807) is 0 Å². The van der Waals surface area contributed by atoms with Crippen LogP contribution in [0.1, 0.15) is 32.6 Å². The van der Waals surface area contributed by atoms with Crippen LogP contribution >= 0.6 is 0 Å². The number of carbonyl (C=O) groups excluding carboxylic acids is 1. The van der Waals surface area contributed by atoms with E-state index >= 15 is 0 Å². The maximum atomic E-state index is 12.5. The van der Waals surface area contributed by atoms with Gasteiger partial charge in [0.25, 0.3) is 6.01 Å². The lowest BCUT2D eigenvalue weighted by atomic mass is 9.95. The number of oxazole rings is 1. The number of aromatic nitrogens is 1. The summed E-state index contributed by atoms with van der Waals surface area (Å²) in [5.74, 6) is 0.213. The molecule has 1 N–H and O–H groups in total. The molecule has 2 aliphatic rings. The molecule has 6 heteroatoms. The fraction of sp³-hybridized carbons (Fsp3) is 0.579. The molecule has 0 unspecified atom stereocenters. The number of nitrogens with zero attached hydrogens (tertiary/aromatic N) is 2. The van der Waals surface area contributed by atoms with Crippen molar-refractivity contribution < 1.29 is 13.9 Å². The van der Waals surface area contributed by atoms with Crippen LogP contribution in [0.5, 0.6) is 0 Å². The number of carbonyl (C=O) groups is 1. The molecule has 0 radical (unpaired) electrons. The largest absolute Gasteiger partial charge is 0.423 e. The van der Waals surface area contributed by atoms with Crippen LogP contribution < -0.4 is 10.2 Å². The van der Waals surface area contributed by atoms with Gasteiger partial charge < -0.3 is 19.4 Å². The Kier molecular flexibility index (Phi) is 4.61. The zero-order valence-corrected chi connectivity index (χ0v) is 14.6. The first-order chi connectivity index (χ1) is 12.2. The van der Waals surface area contributed by atoms with Crippen molar-refractivity contribution in [3.63, 3.8) is 0 Å². The van der Waals surface area contributed by atoms with E-state index in [9.17, 15) is 4.79 Å². The minimum Gasteiger partial charge on any atom is -0.423 e. The van der Waals surface area contributed by atoms with E-state index in [-0.39, 0.29) is 24.0 Å². The van der Waals surface area contributed by atoms with Gasteiger partial charge in [0.15, 0.2) is 5.58 Å². The molecule has 0 bridgehead atoms. The van der Waals surface area contributed by atoms with Crippen molar-refractivity contribution in [2.45, 2.75) is 44.8 Å². The van der Waals surface area contributed by atoms with E-state index in [1.807, 2.05) is 31.2 Å². The van der Waals surface area contributed by atoms with Crippen molar-refractivity contribution in [3.8, 4) is 0 Å². The first-order valence-electron chi connectivity index (χ1n) is 9.23. The Bertz CT molecular complexity index is 697. The summed E-state index contributed by atoms with van der Waals surface area (Å²) in [6, 6.07) is 8.54. The molecular formula is C19H25N3O3. The number of fused-ring (bicyclic) bond motifs is 1. The average Bonchev–Trinajstić information content (AvgIpc) is 3.31. The van der Waals surface area contributed by atoms with E-state index in [0.29, 0.717) is 6.01 Å². The van der Waals surface area contributed by atoms with Crippen molar-refractivity contribution in [3.05, 3.63) is 24.3 Å². The number of rotatable bonds is 4. The van der Waals surface area contributed by atoms with Crippen LogP contribution in [0, 0.1) is 5.92 Å². The van der Waals surface area contributed by atoms with E-state index in [4.69, 9.17) is 9.15 Å². The minimum atomic E-state index is 0.0597. The molecule has 2 aliphatic heterocycles. The first-order valence-corrected chi connectivity index (χ1v) is 9.23. The Morgan fingerprint density at radius 1 is 1.28 bits per heavy atom. The number of piperidine rings is 1. The van der Waals surface area contributed by atoms with Crippen LogP contribution in [0.15, 0.2) is 28.7 Å². The monoisotopic (exact) mass is 343 g/mol. The highest BCUT2D eigenvalue weighted by atomic mass is 16.5. The van der Waals surface area contributed by atoms with Crippen molar-refractivity contribution in [1.82, 2.24) is 10.3 Å². The van der Waals surface area contributed by atoms with Crippen molar-refractivity contribution in [1.29, 1.82) is 0 Å². The maximum absolute atomic E-state index is 12.5. The molecule has 2 atom stereocenters. The number of benzene rings is 1. The second kappa shape index (κ2) is 7.04. The molecule has 2 aromatic rings. The molecule has 0 aliphatic carbocycles. The summed E-state index contributed by atoms with van der Waals surface area (Å²) >= 11 is 0. The van der Waals surface area contributed by atoms with Crippen LogP contribution in [0.2, 0.25) is 0 Å². The van der Waals surface area contributed by atoms with Crippen LogP contribution in [-0.2, 0) is 9.53 Å². The minimum absolute atomic E-state index is 0.0597. The van der Waals surface area contributed by atoms with Crippen LogP contribution in [0.4, 0.5) is 6.01 Å². The lowest BCUT2D eigenvalue weighted by Gasteiger charge is -2.31. The second-order valence-electron chi connectivity index (χ2n) is 7.07. The predicted octanol–water partition coefficient (Wildman–Crippen LogP) is 2.73. The normalized spacial score (nSPS) is 23.1. The van der Waals surface area contributed by atoms with E-state index in [0.717, 1.165) is 56.5 Å². The van der Waals surface area contributed by atoms with Crippen LogP contribution in [0.25, 0.3) is 11.1 Å². The number of nitrogens with one attached hydrogen (secondary N) is 1. The summed E-state index contributed by atoms with van der Waals surface area (Å²) in [5.41, 5.74) is 1.69. The lowest BCUT2D eigenvalue weighted by Crippen LogP contribution is -2.46. The second-order valence-corrected chi connectivity index (χ2v) is 7.07. The Balaban J connectivity index is 1.32. The van der Waals surface area contributed by atoms with Gasteiger partial charge in [0.05, 0.1) is 12.1 Å². The Labute approximate surface area is 147 Å². The molecular weight excluding hydrogens is 318 g/mol. The zero-order chi connectivity index (χ0) is 17.2. The van der Waals surface area contributed by atoms with Gasteiger partial charge in [-0.25, -0.2) is 0 Å². The van der Waals surface area contributed by atoms with Gasteiger partial charge in [-0.2, -0.15) is 4.98 Å². The van der Waals surface area contributed by atoms with E-state index in [2.05, 4.69) is 15.2 Å². The molecule has 2 fully saturated rings. The summed E-state index contributed by atoms with van der Waals surface area (Å²) < 4.78 is 11.5. The van der Waals surface area contributed by atoms with Gasteiger partial charge in [0.1, 0.15) is 5.52 Å². The molecule has 1 aromatic heterocycles. The SMILES string of the molecule is C[C@H](NC(=O)C1CCN(c2nc3ccccc3o2)CC1)[C@@H]1CCCO1. The van der Waals surface area contributed by atoms with Gasteiger partial charge in [-0.3, -0.25) is 4.79 Å². The molecule has 0 saturated carbocycles. The summed E-state index contributed by atoms with van der Waals surface area (Å²) in [4.78, 5) is 19.2. The third-order valence-electron chi connectivity index (χ3n) is 5.31. The first kappa shape index (κ1) is 16.4. The number of amides is 1. The number of para-hydroxylation sites is 2. The average molecular weight is 343 g/mol. The molecule has 2 saturated heterocycles. The van der Waals surface area contributed by atoms with Crippen molar-refractivity contribution >= 4 is 23.0 Å². The molecule has 1 amide bonds. The topological polar surface area (TPSA) is 67.6 Å². The fourth-order valence-electron chi connectivity index (χ4n) is 3.76. The standard InChI is InChI=1S/C19H25N3O3/c1-13(16-7-4-12-24-16)20-18(23)14-8-10-22(11-9-14)19-21-15-5-2-3-6-17(15)25-19/h2-3,5-6,13-14,16H,4,7-12H2,1H3,(H,20,23)/t13-,16-/m0/s1. The number of hydrogen-bond donors (Lipinski definition) is 1. The molecule has 25 heavy (non-hydrogen) atoms. The smallest absolute Gasteiger partial charge is 0.298 e. The van der Waals surface area contributed by atoms with Gasteiger partial charge in [0, 0.05) is 25.6 Å². The highest BCUT2D eigenvalue weighted by molar-refractivity contribution is 5.79. The molecule has 0 spiro atoms. The van der Waals surface area contributed by atoms with Gasteiger partial charge in [-0.15, -0.1) is 0 Å². The Morgan fingerprint density at radius 3 is 2.80 bits per heavy atom. The Morgan fingerprint density at radius 2 is 2.08 bits per heavy atom. The zero-order valence-electron chi connectivity index (χ0n) is 14.6. The third kappa shape index (κ3) is 3.49. The Hall–Kier alpha value is -2.08. The van der Waals surface area contributed by atoms with Crippen LogP contribution in [0.3, 0.4) is 0 Å². The molecule has 3 heterocycles. The van der Waals surface area contributed by atoms with Crippen molar-refractivity contribution in [2.24, 2.45) is 5.92 Å². The molecule has 6 nitrogen and oxygen atoms in total. The van der Waals surface area contributed by atoms with Crippen molar-refractivity contribution in [2.75, 3.05) is 24.6 Å².